The van der Waals surface area contributed by atoms with Crippen LogP contribution in [0.25, 0.3) is 10.9 Å². The lowest BCUT2D eigenvalue weighted by molar-refractivity contribution is -0.163. The van der Waals surface area contributed by atoms with Crippen LogP contribution >= 0.6 is 11.8 Å². The van der Waals surface area contributed by atoms with Gasteiger partial charge in [0.2, 0.25) is 11.3 Å². The zero-order valence-corrected chi connectivity index (χ0v) is 25.4. The molecule has 4 heterocycles. The van der Waals surface area contributed by atoms with Gasteiger partial charge in [0, 0.05) is 47.3 Å². The normalized spacial score (nSPS) is 24.9. The Hall–Kier alpha value is -4.11. The molecule has 240 valence electrons. The number of amides is 2. The monoisotopic (exact) mass is 644 g/mol. The molecular weight excluding hydrogens is 611 g/mol. The number of aliphatic hydroxyl groups excluding tert-OH is 1. The number of hydrogen-bond donors (Lipinski definition) is 4. The van der Waals surface area contributed by atoms with Crippen molar-refractivity contribution < 1.29 is 43.6 Å². The maximum Gasteiger partial charge on any atom is 0.407 e. The number of nitrogens with zero attached hydrogens (tertiary/aromatic N) is 3. The van der Waals surface area contributed by atoms with E-state index < -0.39 is 58.8 Å². The Balaban J connectivity index is 1.05. The van der Waals surface area contributed by atoms with Crippen molar-refractivity contribution in [1.29, 1.82) is 0 Å². The van der Waals surface area contributed by atoms with E-state index in [-0.39, 0.29) is 53.7 Å². The molecule has 4 N–H and O–H groups in total. The van der Waals surface area contributed by atoms with Crippen LogP contribution in [0.2, 0.25) is 0 Å². The second kappa shape index (κ2) is 11.7. The van der Waals surface area contributed by atoms with E-state index in [4.69, 9.17) is 4.74 Å². The molecule has 15 heteroatoms. The van der Waals surface area contributed by atoms with Gasteiger partial charge in [-0.25, -0.2) is 18.8 Å². The average Bonchev–Trinajstić information content (AvgIpc) is 3.66. The Bertz CT molecular complexity index is 1700. The van der Waals surface area contributed by atoms with Gasteiger partial charge in [-0.05, 0) is 38.3 Å². The van der Waals surface area contributed by atoms with E-state index in [1.165, 1.54) is 29.8 Å². The number of anilines is 1. The van der Waals surface area contributed by atoms with Crippen molar-refractivity contribution in [3.8, 4) is 0 Å². The highest BCUT2D eigenvalue weighted by atomic mass is 32.2. The van der Waals surface area contributed by atoms with Gasteiger partial charge in [0.15, 0.2) is 0 Å². The fourth-order valence-corrected chi connectivity index (χ4v) is 7.83. The van der Waals surface area contributed by atoms with Crippen LogP contribution in [0, 0.1) is 17.7 Å². The molecule has 3 aliphatic heterocycles. The zero-order valence-electron chi connectivity index (χ0n) is 24.6. The fraction of sp³-hybridized carbons (Fsp3) is 0.500. The first-order valence-electron chi connectivity index (χ1n) is 14.8. The molecule has 0 bridgehead atoms. The number of aliphatic hydroxyl groups is 1. The number of carboxylic acids is 2. The summed E-state index contributed by atoms with van der Waals surface area (Å²) in [5.74, 6) is -4.35. The number of aliphatic carboxylic acids is 1. The van der Waals surface area contributed by atoms with Gasteiger partial charge in [-0.15, -0.1) is 11.8 Å². The summed E-state index contributed by atoms with van der Waals surface area (Å²) in [6.45, 7) is 4.02. The minimum Gasteiger partial charge on any atom is -0.477 e. The van der Waals surface area contributed by atoms with Crippen LogP contribution in [0.15, 0.2) is 33.7 Å². The second-order valence-corrected chi connectivity index (χ2v) is 13.1. The predicted molar refractivity (Wildman–Crippen MR) is 161 cm³/mol. The van der Waals surface area contributed by atoms with Gasteiger partial charge in [0.1, 0.15) is 23.7 Å². The van der Waals surface area contributed by atoms with E-state index in [1.54, 1.807) is 15.5 Å². The van der Waals surface area contributed by atoms with Crippen molar-refractivity contribution in [2.75, 3.05) is 30.3 Å². The van der Waals surface area contributed by atoms with Crippen LogP contribution in [0.3, 0.4) is 0 Å². The highest BCUT2D eigenvalue weighted by molar-refractivity contribution is 8.03. The molecule has 2 saturated heterocycles. The van der Waals surface area contributed by atoms with E-state index in [2.05, 4.69) is 5.32 Å². The Morgan fingerprint density at radius 2 is 1.89 bits per heavy atom. The lowest BCUT2D eigenvalue weighted by atomic mass is 9.79. The van der Waals surface area contributed by atoms with Gasteiger partial charge >= 0.3 is 18.0 Å². The number of aromatic carboxylic acids is 1. The van der Waals surface area contributed by atoms with Crippen molar-refractivity contribution in [2.24, 2.45) is 11.8 Å². The topological polar surface area (TPSA) is 179 Å². The lowest BCUT2D eigenvalue weighted by Gasteiger charge is -2.46. The maximum atomic E-state index is 15.3. The number of thioether (sulfide) groups is 1. The smallest absolute Gasteiger partial charge is 0.407 e. The van der Waals surface area contributed by atoms with Crippen LogP contribution in [-0.2, 0) is 14.3 Å². The Labute approximate surface area is 260 Å². The van der Waals surface area contributed by atoms with Crippen molar-refractivity contribution in [3.05, 3.63) is 50.5 Å². The number of alkyl carbamates (subject to hydrolysis) is 1. The molecular formula is C30H33FN4O9S. The van der Waals surface area contributed by atoms with Gasteiger partial charge in [-0.2, -0.15) is 0 Å². The zero-order chi connectivity index (χ0) is 32.3. The summed E-state index contributed by atoms with van der Waals surface area (Å²) in [4.78, 5) is 64.8. The number of nitrogens with one attached hydrogen (secondary N) is 1. The summed E-state index contributed by atoms with van der Waals surface area (Å²) in [5.41, 5.74) is -0.506. The number of carbonyl (C=O) groups excluding carboxylic acids is 2. The first-order valence-corrected chi connectivity index (χ1v) is 15.8. The van der Waals surface area contributed by atoms with E-state index in [0.29, 0.717) is 23.4 Å². The van der Waals surface area contributed by atoms with Crippen molar-refractivity contribution in [3.63, 3.8) is 0 Å². The van der Waals surface area contributed by atoms with Crippen LogP contribution in [0.4, 0.5) is 14.9 Å². The molecule has 0 spiro atoms. The van der Waals surface area contributed by atoms with Gasteiger partial charge in [0.05, 0.1) is 35.3 Å². The van der Waals surface area contributed by atoms with Crippen molar-refractivity contribution in [2.45, 2.75) is 57.3 Å². The number of fused-ring (bicyclic) bond motifs is 2. The molecule has 2 aromatic rings. The highest BCUT2D eigenvalue weighted by Gasteiger charge is 2.59. The number of rotatable bonds is 10. The van der Waals surface area contributed by atoms with E-state index in [1.807, 2.05) is 6.92 Å². The molecule has 1 aliphatic carbocycles. The van der Waals surface area contributed by atoms with Gasteiger partial charge in [-0.3, -0.25) is 9.59 Å². The van der Waals surface area contributed by atoms with E-state index in [0.717, 1.165) is 18.9 Å². The molecule has 1 saturated carbocycles. The summed E-state index contributed by atoms with van der Waals surface area (Å²) >= 11 is 1.20. The SMILES string of the molecule is CC1C(SCCOC(=O)NC2CCN(c3cc4c(cc3F)c(=O)c(C(=O)O)cn4C3CC3)C2)=C(C(=O)O)N2C(=O)[C@@H]([C@@H](C)O)[C@H]12. The highest BCUT2D eigenvalue weighted by Crippen LogP contribution is 2.50. The van der Waals surface area contributed by atoms with Gasteiger partial charge in [-0.1, -0.05) is 6.92 Å². The number of carbonyl (C=O) groups is 4. The lowest BCUT2D eigenvalue weighted by Crippen LogP contribution is -2.63. The average molecular weight is 645 g/mol. The molecule has 6 rings (SSSR count). The molecule has 13 nitrogen and oxygen atoms in total. The molecule has 45 heavy (non-hydrogen) atoms. The molecule has 4 aliphatic rings. The molecule has 1 aromatic heterocycles. The summed E-state index contributed by atoms with van der Waals surface area (Å²) in [6, 6.07) is 1.94. The first-order chi connectivity index (χ1) is 21.4. The van der Waals surface area contributed by atoms with E-state index >= 15 is 4.39 Å². The number of hydrogen-bond acceptors (Lipinski definition) is 9. The fourth-order valence-electron chi connectivity index (χ4n) is 6.71. The minimum atomic E-state index is -1.36. The van der Waals surface area contributed by atoms with E-state index in [9.17, 15) is 39.3 Å². The van der Waals surface area contributed by atoms with Crippen LogP contribution in [0.1, 0.15) is 49.5 Å². The molecule has 2 amide bonds. The number of β-lactam (4-membered cyclic amide) rings is 1. The molecule has 3 fully saturated rings. The summed E-state index contributed by atoms with van der Waals surface area (Å²) in [6.07, 6.45) is 1.93. The molecule has 1 aromatic carbocycles. The Kier molecular flexibility index (Phi) is 8.01. The number of benzene rings is 1. The quantitative estimate of drug-likeness (QED) is 0.220. The second-order valence-electron chi connectivity index (χ2n) is 12.0. The van der Waals surface area contributed by atoms with Gasteiger partial charge in [0.25, 0.3) is 0 Å². The number of carboxylic acid groups (broad SMARTS) is 2. The third kappa shape index (κ3) is 5.41. The van der Waals surface area contributed by atoms with Crippen LogP contribution in [0.5, 0.6) is 0 Å². The summed E-state index contributed by atoms with van der Waals surface area (Å²) < 4.78 is 22.3. The third-order valence-corrected chi connectivity index (χ3v) is 10.3. The Morgan fingerprint density at radius 3 is 2.53 bits per heavy atom. The Morgan fingerprint density at radius 1 is 1.16 bits per heavy atom. The summed E-state index contributed by atoms with van der Waals surface area (Å²) in [7, 11) is 0. The minimum absolute atomic E-state index is 0.0100. The first kappa shape index (κ1) is 30.9. The van der Waals surface area contributed by atoms with Crippen LogP contribution < -0.4 is 15.6 Å². The van der Waals surface area contributed by atoms with Gasteiger partial charge < -0.3 is 39.7 Å². The van der Waals surface area contributed by atoms with Crippen LogP contribution in [-0.4, -0.2) is 92.4 Å². The standard InChI is InChI=1S/C30H33FN4O9S/c1-13-23-22(14(2)36)27(38)35(23)24(29(41)42)26(13)45-8-7-44-30(43)32-15-5-6-33(11-15)21-10-20-17(9-19(21)31)25(37)18(28(39)40)12-34(20)16-3-4-16/h9-10,12-16,22-23,36H,3-8,11H2,1-2H3,(H,32,43)(H,39,40)(H,41,42)/t13?,14-,15?,22+,23+/m1/s1. The van der Waals surface area contributed by atoms with Crippen molar-refractivity contribution >= 4 is 52.3 Å². The molecule has 0 radical (unpaired) electrons. The third-order valence-electron chi connectivity index (χ3n) is 9.01. The molecule has 2 unspecified atom stereocenters. The largest absolute Gasteiger partial charge is 0.477 e. The number of aromatic nitrogens is 1. The number of halogens is 1. The molecule has 5 atom stereocenters. The van der Waals surface area contributed by atoms with Crippen molar-refractivity contribution in [1.82, 2.24) is 14.8 Å². The number of ether oxygens (including phenoxy) is 1. The summed E-state index contributed by atoms with van der Waals surface area (Å²) in [5, 5.41) is 32.0. The number of pyridine rings is 1. The predicted octanol–water partition coefficient (Wildman–Crippen LogP) is 2.37. The maximum absolute atomic E-state index is 15.3.